The molecule has 4 nitrogen and oxygen atoms in total. The third kappa shape index (κ3) is 1.19. The third-order valence-electron chi connectivity index (χ3n) is 3.68. The molecule has 3 rings (SSSR count). The maximum atomic E-state index is 11.9. The summed E-state index contributed by atoms with van der Waals surface area (Å²) in [6, 6.07) is 7.53. The van der Waals surface area contributed by atoms with E-state index in [0.717, 1.165) is 30.8 Å². The summed E-state index contributed by atoms with van der Waals surface area (Å²) in [6.45, 7) is 0.774. The van der Waals surface area contributed by atoms with E-state index < -0.39 is 0 Å². The van der Waals surface area contributed by atoms with Crippen molar-refractivity contribution in [1.82, 2.24) is 5.32 Å². The van der Waals surface area contributed by atoms with Crippen LogP contribution in [0, 0.1) is 0 Å². The fourth-order valence-corrected chi connectivity index (χ4v) is 2.61. The van der Waals surface area contributed by atoms with E-state index in [-0.39, 0.29) is 11.6 Å². The Kier molecular flexibility index (Phi) is 1.87. The van der Waals surface area contributed by atoms with Crippen molar-refractivity contribution in [1.29, 1.82) is 0 Å². The molecule has 2 amide bonds. The largest absolute Gasteiger partial charge is 0.399 e. The Morgan fingerprint density at radius 2 is 1.94 bits per heavy atom. The molecular weight excluding hydrogens is 202 g/mol. The van der Waals surface area contributed by atoms with Crippen LogP contribution in [0.5, 0.6) is 0 Å². The van der Waals surface area contributed by atoms with Crippen molar-refractivity contribution in [3.8, 4) is 0 Å². The van der Waals surface area contributed by atoms with Crippen molar-refractivity contribution in [2.24, 2.45) is 0 Å². The van der Waals surface area contributed by atoms with Gasteiger partial charge >= 0.3 is 6.03 Å². The molecule has 0 radical (unpaired) electrons. The van der Waals surface area contributed by atoms with Gasteiger partial charge in [-0.25, -0.2) is 4.79 Å². The Bertz CT molecular complexity index is 422. The highest BCUT2D eigenvalue weighted by atomic mass is 16.2. The van der Waals surface area contributed by atoms with Gasteiger partial charge in [-0.2, -0.15) is 0 Å². The fourth-order valence-electron chi connectivity index (χ4n) is 2.61. The lowest BCUT2D eigenvalue weighted by Crippen LogP contribution is -2.52. The third-order valence-corrected chi connectivity index (χ3v) is 3.68. The lowest BCUT2D eigenvalue weighted by atomic mass is 9.76. The van der Waals surface area contributed by atoms with E-state index in [0.29, 0.717) is 0 Å². The molecule has 2 aliphatic rings. The van der Waals surface area contributed by atoms with E-state index in [2.05, 4.69) is 5.32 Å². The minimum atomic E-state index is 0.0180. The highest BCUT2D eigenvalue weighted by molar-refractivity contribution is 5.96. The van der Waals surface area contributed by atoms with Crippen LogP contribution < -0.4 is 16.0 Å². The second-order valence-electron chi connectivity index (χ2n) is 4.66. The van der Waals surface area contributed by atoms with Gasteiger partial charge in [-0.3, -0.25) is 4.90 Å². The minimum Gasteiger partial charge on any atom is -0.399 e. The zero-order valence-corrected chi connectivity index (χ0v) is 9.07. The number of benzene rings is 1. The number of nitrogens with zero attached hydrogens (tertiary/aromatic N) is 1. The van der Waals surface area contributed by atoms with Crippen molar-refractivity contribution in [3.63, 3.8) is 0 Å². The molecule has 4 heteroatoms. The van der Waals surface area contributed by atoms with Crippen molar-refractivity contribution >= 4 is 17.4 Å². The van der Waals surface area contributed by atoms with Gasteiger partial charge in [-0.05, 0) is 43.5 Å². The SMILES string of the molecule is Nc1ccc(N2C(=O)NCC23CCC3)cc1. The molecule has 0 aromatic heterocycles. The normalized spacial score (nSPS) is 22.0. The summed E-state index contributed by atoms with van der Waals surface area (Å²) in [4.78, 5) is 13.8. The monoisotopic (exact) mass is 217 g/mol. The number of carbonyl (C=O) groups excluding carboxylic acids is 1. The Morgan fingerprint density at radius 1 is 1.25 bits per heavy atom. The van der Waals surface area contributed by atoms with E-state index in [1.54, 1.807) is 0 Å². The fraction of sp³-hybridized carbons (Fsp3) is 0.417. The molecule has 2 fully saturated rings. The van der Waals surface area contributed by atoms with E-state index in [4.69, 9.17) is 5.73 Å². The van der Waals surface area contributed by atoms with Gasteiger partial charge in [-0.1, -0.05) is 0 Å². The zero-order valence-electron chi connectivity index (χ0n) is 9.07. The van der Waals surface area contributed by atoms with Gasteiger partial charge < -0.3 is 11.1 Å². The van der Waals surface area contributed by atoms with E-state index in [9.17, 15) is 4.79 Å². The van der Waals surface area contributed by atoms with Gasteiger partial charge in [0.2, 0.25) is 0 Å². The van der Waals surface area contributed by atoms with Gasteiger partial charge in [-0.15, -0.1) is 0 Å². The summed E-state index contributed by atoms with van der Waals surface area (Å²) in [7, 11) is 0. The Hall–Kier alpha value is -1.71. The molecule has 16 heavy (non-hydrogen) atoms. The number of anilines is 2. The van der Waals surface area contributed by atoms with Crippen LogP contribution in [0.15, 0.2) is 24.3 Å². The van der Waals surface area contributed by atoms with Crippen LogP contribution in [0.25, 0.3) is 0 Å². The maximum Gasteiger partial charge on any atom is 0.322 e. The second-order valence-corrected chi connectivity index (χ2v) is 4.66. The predicted molar refractivity (Wildman–Crippen MR) is 63.3 cm³/mol. The number of hydrogen-bond acceptors (Lipinski definition) is 2. The number of nitrogen functional groups attached to an aromatic ring is 1. The minimum absolute atomic E-state index is 0.0180. The van der Waals surface area contributed by atoms with Crippen LogP contribution in [0.2, 0.25) is 0 Å². The predicted octanol–water partition coefficient (Wildman–Crippen LogP) is 1.72. The molecule has 1 saturated carbocycles. The lowest BCUT2D eigenvalue weighted by Gasteiger charge is -2.44. The van der Waals surface area contributed by atoms with Crippen molar-refractivity contribution < 1.29 is 4.79 Å². The van der Waals surface area contributed by atoms with Gasteiger partial charge in [0.05, 0.1) is 5.54 Å². The second kappa shape index (κ2) is 3.14. The Balaban J connectivity index is 1.97. The average Bonchev–Trinajstić information content (AvgIpc) is 2.57. The van der Waals surface area contributed by atoms with Crippen LogP contribution in [0.1, 0.15) is 19.3 Å². The summed E-state index contributed by atoms with van der Waals surface area (Å²) in [5.74, 6) is 0. The Labute approximate surface area is 94.4 Å². The van der Waals surface area contributed by atoms with Gasteiger partial charge in [0.1, 0.15) is 0 Å². The summed E-state index contributed by atoms with van der Waals surface area (Å²) in [5.41, 5.74) is 7.37. The van der Waals surface area contributed by atoms with Crippen LogP contribution in [0.3, 0.4) is 0 Å². The van der Waals surface area contributed by atoms with Crippen LogP contribution in [-0.4, -0.2) is 18.1 Å². The number of amides is 2. The standard InChI is InChI=1S/C12H15N3O/c13-9-2-4-10(5-3-9)15-11(16)14-8-12(15)6-1-7-12/h2-5H,1,6-8,13H2,(H,14,16). The average molecular weight is 217 g/mol. The number of urea groups is 1. The molecular formula is C12H15N3O. The number of carbonyl (C=O) groups is 1. The molecule has 0 unspecified atom stereocenters. The number of nitrogens with one attached hydrogen (secondary N) is 1. The quantitative estimate of drug-likeness (QED) is 0.704. The topological polar surface area (TPSA) is 58.4 Å². The molecule has 1 aromatic rings. The van der Waals surface area contributed by atoms with Crippen LogP contribution in [0.4, 0.5) is 16.2 Å². The number of nitrogens with two attached hydrogens (primary N) is 1. The molecule has 1 aromatic carbocycles. The highest BCUT2D eigenvalue weighted by Crippen LogP contribution is 2.42. The summed E-state index contributed by atoms with van der Waals surface area (Å²) in [5, 5.41) is 2.93. The number of rotatable bonds is 1. The zero-order chi connectivity index (χ0) is 11.2. The number of hydrogen-bond donors (Lipinski definition) is 2. The van der Waals surface area contributed by atoms with Crippen molar-refractivity contribution in [2.45, 2.75) is 24.8 Å². The molecule has 3 N–H and O–H groups in total. The molecule has 84 valence electrons. The van der Waals surface area contributed by atoms with Crippen LogP contribution >= 0.6 is 0 Å². The van der Waals surface area contributed by atoms with Gasteiger partial charge in [0.25, 0.3) is 0 Å². The highest BCUT2D eigenvalue weighted by Gasteiger charge is 2.50. The molecule has 1 saturated heterocycles. The first-order valence-electron chi connectivity index (χ1n) is 5.65. The molecule has 1 aliphatic heterocycles. The van der Waals surface area contributed by atoms with Gasteiger partial charge in [0.15, 0.2) is 0 Å². The first-order valence-corrected chi connectivity index (χ1v) is 5.65. The lowest BCUT2D eigenvalue weighted by molar-refractivity contribution is 0.241. The molecule has 0 atom stereocenters. The van der Waals surface area contributed by atoms with Crippen molar-refractivity contribution in [3.05, 3.63) is 24.3 Å². The first kappa shape index (κ1) is 9.51. The van der Waals surface area contributed by atoms with E-state index >= 15 is 0 Å². The maximum absolute atomic E-state index is 11.9. The first-order chi connectivity index (χ1) is 7.71. The smallest absolute Gasteiger partial charge is 0.322 e. The summed E-state index contributed by atoms with van der Waals surface area (Å²) >= 11 is 0. The molecule has 1 spiro atoms. The van der Waals surface area contributed by atoms with Crippen molar-refractivity contribution in [2.75, 3.05) is 17.2 Å². The van der Waals surface area contributed by atoms with E-state index in [1.165, 1.54) is 6.42 Å². The summed E-state index contributed by atoms with van der Waals surface area (Å²) in [6.07, 6.45) is 3.40. The Morgan fingerprint density at radius 3 is 2.50 bits per heavy atom. The molecule has 0 bridgehead atoms. The van der Waals surface area contributed by atoms with Gasteiger partial charge in [0, 0.05) is 17.9 Å². The van der Waals surface area contributed by atoms with E-state index in [1.807, 2.05) is 29.2 Å². The molecule has 1 heterocycles. The summed E-state index contributed by atoms with van der Waals surface area (Å²) < 4.78 is 0. The molecule has 1 aliphatic carbocycles. The van der Waals surface area contributed by atoms with Crippen LogP contribution in [-0.2, 0) is 0 Å².